The molecule has 0 atom stereocenters. The predicted molar refractivity (Wildman–Crippen MR) is 78.2 cm³/mol. The average Bonchev–Trinajstić information content (AvgIpc) is 3.11. The van der Waals surface area contributed by atoms with Crippen LogP contribution in [0.4, 0.5) is 0 Å². The predicted octanol–water partition coefficient (Wildman–Crippen LogP) is 4.65. The molecule has 2 saturated carbocycles. The minimum absolute atomic E-state index is 0.135. The summed E-state index contributed by atoms with van der Waals surface area (Å²) in [6, 6.07) is 10.5. The van der Waals surface area contributed by atoms with Crippen molar-refractivity contribution in [3.8, 4) is 0 Å². The Bertz CT molecular complexity index is 422. The Kier molecular flexibility index (Phi) is 3.72. The molecule has 19 heavy (non-hydrogen) atoms. The first-order chi connectivity index (χ1) is 9.31. The number of rotatable bonds is 4. The van der Waals surface area contributed by atoms with Crippen molar-refractivity contribution >= 4 is 5.78 Å². The third-order valence-corrected chi connectivity index (χ3v) is 5.27. The molecule has 1 aromatic rings. The fourth-order valence-corrected chi connectivity index (χ4v) is 4.14. The second-order valence-electron chi connectivity index (χ2n) is 6.43. The fourth-order valence-electron chi connectivity index (χ4n) is 4.14. The van der Waals surface area contributed by atoms with Gasteiger partial charge in [-0.15, -0.1) is 0 Å². The molecular weight excluding hydrogens is 232 g/mol. The summed E-state index contributed by atoms with van der Waals surface area (Å²) in [7, 11) is 0. The van der Waals surface area contributed by atoms with Gasteiger partial charge in [0.15, 0.2) is 0 Å². The van der Waals surface area contributed by atoms with Crippen LogP contribution in [-0.4, -0.2) is 5.78 Å². The van der Waals surface area contributed by atoms with Gasteiger partial charge in [0.1, 0.15) is 5.78 Å². The molecule has 1 aromatic carbocycles. The van der Waals surface area contributed by atoms with E-state index in [2.05, 4.69) is 24.3 Å². The summed E-state index contributed by atoms with van der Waals surface area (Å²) in [4.78, 5) is 12.9. The van der Waals surface area contributed by atoms with Crippen molar-refractivity contribution in [1.29, 1.82) is 0 Å². The van der Waals surface area contributed by atoms with Crippen molar-refractivity contribution in [3.05, 3.63) is 35.9 Å². The maximum Gasteiger partial charge on any atom is 0.143 e. The van der Waals surface area contributed by atoms with Crippen molar-refractivity contribution < 1.29 is 4.79 Å². The van der Waals surface area contributed by atoms with Crippen LogP contribution in [0.1, 0.15) is 63.4 Å². The van der Waals surface area contributed by atoms with Gasteiger partial charge in [-0.05, 0) is 24.3 Å². The minimum atomic E-state index is -0.135. The fraction of sp³-hybridized carbons (Fsp3) is 0.611. The van der Waals surface area contributed by atoms with Crippen LogP contribution in [0, 0.1) is 5.92 Å². The Labute approximate surface area is 116 Å². The Morgan fingerprint density at radius 2 is 1.63 bits per heavy atom. The van der Waals surface area contributed by atoms with E-state index in [1.54, 1.807) is 0 Å². The van der Waals surface area contributed by atoms with E-state index in [1.807, 2.05) is 6.07 Å². The molecule has 1 nitrogen and oxygen atoms in total. The molecule has 0 unspecified atom stereocenters. The molecule has 2 fully saturated rings. The van der Waals surface area contributed by atoms with E-state index in [1.165, 1.54) is 44.1 Å². The van der Waals surface area contributed by atoms with Gasteiger partial charge < -0.3 is 0 Å². The molecule has 102 valence electrons. The van der Waals surface area contributed by atoms with E-state index in [0.717, 1.165) is 19.3 Å². The molecule has 2 aliphatic carbocycles. The highest BCUT2D eigenvalue weighted by Gasteiger charge is 2.42. The lowest BCUT2D eigenvalue weighted by Crippen LogP contribution is -2.34. The lowest BCUT2D eigenvalue weighted by atomic mass is 9.72. The first kappa shape index (κ1) is 12.9. The zero-order valence-corrected chi connectivity index (χ0v) is 11.7. The number of carbonyl (C=O) groups is 1. The molecule has 0 N–H and O–H groups in total. The molecule has 0 radical (unpaired) electrons. The number of carbonyl (C=O) groups excluding carboxylic acids is 1. The zero-order valence-electron chi connectivity index (χ0n) is 11.7. The minimum Gasteiger partial charge on any atom is -0.299 e. The van der Waals surface area contributed by atoms with Gasteiger partial charge in [0.25, 0.3) is 0 Å². The summed E-state index contributed by atoms with van der Waals surface area (Å²) in [6.07, 6.45) is 10.6. The molecule has 0 aliphatic heterocycles. The third-order valence-electron chi connectivity index (χ3n) is 5.27. The summed E-state index contributed by atoms with van der Waals surface area (Å²) < 4.78 is 0. The quantitative estimate of drug-likeness (QED) is 0.766. The molecular formula is C18H24O. The van der Waals surface area contributed by atoms with Crippen molar-refractivity contribution in [2.75, 3.05) is 0 Å². The van der Waals surface area contributed by atoms with E-state index in [0.29, 0.717) is 11.7 Å². The molecule has 0 saturated heterocycles. The van der Waals surface area contributed by atoms with E-state index in [-0.39, 0.29) is 5.41 Å². The van der Waals surface area contributed by atoms with E-state index < -0.39 is 0 Å². The highest BCUT2D eigenvalue weighted by atomic mass is 16.1. The van der Waals surface area contributed by atoms with E-state index >= 15 is 0 Å². The van der Waals surface area contributed by atoms with Crippen LogP contribution in [0.3, 0.4) is 0 Å². The standard InChI is InChI=1S/C18H24O/c19-17(14-15-8-4-5-9-15)18(12-6-7-13-18)16-10-2-1-3-11-16/h1-3,10-11,15H,4-9,12-14H2. The van der Waals surface area contributed by atoms with Crippen LogP contribution >= 0.6 is 0 Å². The van der Waals surface area contributed by atoms with Crippen LogP contribution in [0.25, 0.3) is 0 Å². The monoisotopic (exact) mass is 256 g/mol. The van der Waals surface area contributed by atoms with E-state index in [4.69, 9.17) is 0 Å². The largest absolute Gasteiger partial charge is 0.299 e. The van der Waals surface area contributed by atoms with Gasteiger partial charge in [-0.25, -0.2) is 0 Å². The topological polar surface area (TPSA) is 17.1 Å². The van der Waals surface area contributed by atoms with Gasteiger partial charge in [-0.1, -0.05) is 68.9 Å². The Balaban J connectivity index is 1.82. The van der Waals surface area contributed by atoms with Crippen LogP contribution in [0.5, 0.6) is 0 Å². The molecule has 0 aromatic heterocycles. The van der Waals surface area contributed by atoms with Crippen molar-refractivity contribution in [2.24, 2.45) is 5.92 Å². The van der Waals surface area contributed by atoms with Gasteiger partial charge in [-0.2, -0.15) is 0 Å². The summed E-state index contributed by atoms with van der Waals surface area (Å²) in [5.41, 5.74) is 1.14. The number of hydrogen-bond acceptors (Lipinski definition) is 1. The molecule has 0 amide bonds. The summed E-state index contributed by atoms with van der Waals surface area (Å²) in [6.45, 7) is 0. The first-order valence-corrected chi connectivity index (χ1v) is 7.90. The SMILES string of the molecule is O=C(CC1CCCC1)C1(c2ccccc2)CCCC1. The molecule has 3 rings (SSSR count). The summed E-state index contributed by atoms with van der Waals surface area (Å²) in [5, 5.41) is 0. The van der Waals surface area contributed by atoms with Crippen molar-refractivity contribution in [1.82, 2.24) is 0 Å². The zero-order chi connectivity index (χ0) is 13.1. The lowest BCUT2D eigenvalue weighted by molar-refractivity contribution is -0.125. The van der Waals surface area contributed by atoms with Gasteiger partial charge >= 0.3 is 0 Å². The normalized spacial score (nSPS) is 22.7. The Morgan fingerprint density at radius 1 is 1.00 bits per heavy atom. The lowest BCUT2D eigenvalue weighted by Gasteiger charge is -2.29. The van der Waals surface area contributed by atoms with Crippen molar-refractivity contribution in [3.63, 3.8) is 0 Å². The summed E-state index contributed by atoms with van der Waals surface area (Å²) >= 11 is 0. The first-order valence-electron chi connectivity index (χ1n) is 7.90. The Morgan fingerprint density at radius 3 is 2.26 bits per heavy atom. The molecule has 0 heterocycles. The third kappa shape index (κ3) is 2.48. The van der Waals surface area contributed by atoms with Crippen molar-refractivity contribution in [2.45, 2.75) is 63.2 Å². The van der Waals surface area contributed by atoms with Crippen LogP contribution < -0.4 is 0 Å². The van der Waals surface area contributed by atoms with Crippen LogP contribution in [0.15, 0.2) is 30.3 Å². The smallest absolute Gasteiger partial charge is 0.143 e. The second kappa shape index (κ2) is 5.48. The molecule has 0 bridgehead atoms. The maximum atomic E-state index is 12.9. The number of hydrogen-bond donors (Lipinski definition) is 0. The number of ketones is 1. The maximum absolute atomic E-state index is 12.9. The highest BCUT2D eigenvalue weighted by Crippen LogP contribution is 2.44. The van der Waals surface area contributed by atoms with E-state index in [9.17, 15) is 4.79 Å². The average molecular weight is 256 g/mol. The van der Waals surface area contributed by atoms with Gasteiger partial charge in [-0.3, -0.25) is 4.79 Å². The van der Waals surface area contributed by atoms with Gasteiger partial charge in [0, 0.05) is 6.42 Å². The number of Topliss-reactive ketones (excluding diaryl/α,β-unsaturated/α-hetero) is 1. The molecule has 2 aliphatic rings. The summed E-state index contributed by atoms with van der Waals surface area (Å²) in [5.74, 6) is 1.21. The van der Waals surface area contributed by atoms with Crippen LogP contribution in [-0.2, 0) is 10.2 Å². The second-order valence-corrected chi connectivity index (χ2v) is 6.43. The molecule has 0 spiro atoms. The van der Waals surface area contributed by atoms with Gasteiger partial charge in [0.05, 0.1) is 5.41 Å². The highest BCUT2D eigenvalue weighted by molar-refractivity contribution is 5.90. The Hall–Kier alpha value is -1.11. The molecule has 1 heteroatoms. The van der Waals surface area contributed by atoms with Crippen LogP contribution in [0.2, 0.25) is 0 Å². The number of benzene rings is 1. The van der Waals surface area contributed by atoms with Gasteiger partial charge in [0.2, 0.25) is 0 Å².